The van der Waals surface area contributed by atoms with Gasteiger partial charge in [0.25, 0.3) is 6.43 Å². The molecule has 6 heteroatoms. The number of hydrogen-bond acceptors (Lipinski definition) is 2. The normalized spacial score (nSPS) is 11.1. The summed E-state index contributed by atoms with van der Waals surface area (Å²) in [5, 5.41) is 0. The van der Waals surface area contributed by atoms with Crippen LogP contribution in [0.2, 0.25) is 0 Å². The molecule has 18 heavy (non-hydrogen) atoms. The summed E-state index contributed by atoms with van der Waals surface area (Å²) in [5.41, 5.74) is -0.476. The van der Waals surface area contributed by atoms with Crippen molar-refractivity contribution in [2.24, 2.45) is 0 Å². The summed E-state index contributed by atoms with van der Waals surface area (Å²) in [6.07, 6.45) is -2.84. The highest BCUT2D eigenvalue weighted by Gasteiger charge is 2.24. The van der Waals surface area contributed by atoms with Crippen molar-refractivity contribution in [2.45, 2.75) is 33.3 Å². The molecule has 0 saturated heterocycles. The van der Waals surface area contributed by atoms with Gasteiger partial charge in [0.1, 0.15) is 5.75 Å². The summed E-state index contributed by atoms with van der Waals surface area (Å²) in [4.78, 5) is 11.3. The summed E-state index contributed by atoms with van der Waals surface area (Å²) >= 11 is 0. The zero-order valence-electron chi connectivity index (χ0n) is 9.84. The third-order valence-corrected chi connectivity index (χ3v) is 2.48. The Morgan fingerprint density at radius 3 is 2.28 bits per heavy atom. The van der Waals surface area contributed by atoms with Crippen LogP contribution >= 0.6 is 0 Å². The highest BCUT2D eigenvalue weighted by atomic mass is 19.3. The average molecular weight is 264 g/mol. The van der Waals surface area contributed by atoms with E-state index in [2.05, 4.69) is 4.74 Å². The van der Waals surface area contributed by atoms with Gasteiger partial charge in [0, 0.05) is 5.56 Å². The number of ketones is 1. The maximum absolute atomic E-state index is 12.9. The smallest absolute Gasteiger partial charge is 0.387 e. The quantitative estimate of drug-likeness (QED) is 0.593. The predicted octanol–water partition coefficient (Wildman–Crippen LogP) is 3.99. The van der Waals surface area contributed by atoms with Gasteiger partial charge in [-0.3, -0.25) is 4.79 Å². The Balaban J connectivity index is 3.43. The number of carbonyl (C=O) groups excluding carboxylic acids is 1. The minimum absolute atomic E-state index is 0.0515. The Morgan fingerprint density at radius 1 is 1.28 bits per heavy atom. The topological polar surface area (TPSA) is 26.3 Å². The largest absolute Gasteiger partial charge is 0.434 e. The summed E-state index contributed by atoms with van der Waals surface area (Å²) in [6.45, 7) is -0.382. The Bertz CT molecular complexity index is 444. The van der Waals surface area contributed by atoms with Gasteiger partial charge in [-0.05, 0) is 31.0 Å². The van der Waals surface area contributed by atoms with Crippen molar-refractivity contribution in [3.63, 3.8) is 0 Å². The zero-order chi connectivity index (χ0) is 13.9. The van der Waals surface area contributed by atoms with Gasteiger partial charge in [-0.1, -0.05) is 6.92 Å². The molecule has 0 spiro atoms. The fourth-order valence-corrected chi connectivity index (χ4v) is 1.79. The first-order chi connectivity index (χ1) is 8.38. The van der Waals surface area contributed by atoms with Crippen molar-refractivity contribution < 1.29 is 27.1 Å². The fourth-order valence-electron chi connectivity index (χ4n) is 1.79. The van der Waals surface area contributed by atoms with E-state index in [0.29, 0.717) is 0 Å². The van der Waals surface area contributed by atoms with Crippen LogP contribution in [0.5, 0.6) is 5.75 Å². The van der Waals surface area contributed by atoms with Crippen molar-refractivity contribution >= 4 is 5.78 Å². The highest BCUT2D eigenvalue weighted by molar-refractivity contribution is 5.96. The minimum Gasteiger partial charge on any atom is -0.434 e. The lowest BCUT2D eigenvalue weighted by molar-refractivity contribution is -0.0520. The van der Waals surface area contributed by atoms with E-state index in [1.807, 2.05) is 0 Å². The number of hydrogen-bond donors (Lipinski definition) is 0. The summed E-state index contributed by atoms with van der Waals surface area (Å²) in [5.74, 6) is -0.973. The van der Waals surface area contributed by atoms with Crippen LogP contribution in [0.3, 0.4) is 0 Å². The van der Waals surface area contributed by atoms with Gasteiger partial charge in [-0.15, -0.1) is 0 Å². The van der Waals surface area contributed by atoms with Crippen molar-refractivity contribution in [3.8, 4) is 5.75 Å². The maximum atomic E-state index is 12.9. The molecule has 0 aliphatic heterocycles. The highest BCUT2D eigenvalue weighted by Crippen LogP contribution is 2.35. The van der Waals surface area contributed by atoms with Crippen LogP contribution in [0, 0.1) is 0 Å². The minimum atomic E-state index is -3.18. The number of alkyl halides is 4. The standard InChI is InChI=1S/C12H12F4O2/c1-3-7-8(6(2)17)4-5-9(18-12(15)16)10(7)11(13)14/h4-5,11-12H,3H2,1-2H3. The molecule has 0 bridgehead atoms. The number of benzene rings is 1. The predicted molar refractivity (Wildman–Crippen MR) is 57.4 cm³/mol. The van der Waals surface area contributed by atoms with E-state index >= 15 is 0 Å². The lowest BCUT2D eigenvalue weighted by Crippen LogP contribution is -2.10. The Hall–Kier alpha value is -1.59. The zero-order valence-corrected chi connectivity index (χ0v) is 9.84. The van der Waals surface area contributed by atoms with Crippen molar-refractivity contribution in [1.82, 2.24) is 0 Å². The van der Waals surface area contributed by atoms with Crippen molar-refractivity contribution in [2.75, 3.05) is 0 Å². The van der Waals surface area contributed by atoms with E-state index < -0.39 is 30.1 Å². The SMILES string of the molecule is CCc1c(C(C)=O)ccc(OC(F)F)c1C(F)F. The summed E-state index contributed by atoms with van der Waals surface area (Å²) in [7, 11) is 0. The molecule has 1 rings (SSSR count). The van der Waals surface area contributed by atoms with Crippen LogP contribution in [0.25, 0.3) is 0 Å². The van der Waals surface area contributed by atoms with E-state index in [1.54, 1.807) is 6.92 Å². The van der Waals surface area contributed by atoms with Crippen LogP contribution < -0.4 is 4.74 Å². The van der Waals surface area contributed by atoms with Gasteiger partial charge < -0.3 is 4.74 Å². The monoisotopic (exact) mass is 264 g/mol. The molecule has 0 unspecified atom stereocenters. The van der Waals surface area contributed by atoms with E-state index in [0.717, 1.165) is 6.07 Å². The van der Waals surface area contributed by atoms with Crippen LogP contribution in [-0.4, -0.2) is 12.4 Å². The molecule has 1 aromatic carbocycles. The molecule has 2 nitrogen and oxygen atoms in total. The number of halogens is 4. The molecule has 0 radical (unpaired) electrons. The van der Waals surface area contributed by atoms with E-state index in [1.165, 1.54) is 13.0 Å². The first-order valence-corrected chi connectivity index (χ1v) is 5.28. The molecule has 0 atom stereocenters. The molecule has 1 aromatic rings. The molecule has 0 N–H and O–H groups in total. The van der Waals surface area contributed by atoms with Crippen LogP contribution in [0.4, 0.5) is 17.6 Å². The lowest BCUT2D eigenvalue weighted by atomic mass is 9.96. The summed E-state index contributed by atoms with van der Waals surface area (Å²) in [6, 6.07) is 2.20. The molecule has 0 aromatic heterocycles. The summed E-state index contributed by atoms with van der Waals surface area (Å²) < 4.78 is 54.2. The van der Waals surface area contributed by atoms with Gasteiger partial charge in [0.15, 0.2) is 5.78 Å². The van der Waals surface area contributed by atoms with E-state index in [4.69, 9.17) is 0 Å². The van der Waals surface area contributed by atoms with E-state index in [9.17, 15) is 22.4 Å². The Morgan fingerprint density at radius 2 is 1.89 bits per heavy atom. The molecular weight excluding hydrogens is 252 g/mol. The van der Waals surface area contributed by atoms with Gasteiger partial charge >= 0.3 is 6.61 Å². The molecule has 0 saturated carbocycles. The van der Waals surface area contributed by atoms with Crippen LogP contribution in [0.1, 0.15) is 41.8 Å². The number of rotatable bonds is 5. The van der Waals surface area contributed by atoms with Gasteiger partial charge in [0.05, 0.1) is 5.56 Å². The fraction of sp³-hybridized carbons (Fsp3) is 0.417. The molecule has 0 amide bonds. The molecule has 100 valence electrons. The second-order valence-corrected chi connectivity index (χ2v) is 3.59. The Kier molecular flexibility index (Phi) is 4.69. The maximum Gasteiger partial charge on any atom is 0.387 e. The Labute approximate surface area is 102 Å². The number of Topliss-reactive ketones (excluding diaryl/α,β-unsaturated/α-hetero) is 1. The average Bonchev–Trinajstić information content (AvgIpc) is 2.26. The third kappa shape index (κ3) is 3.00. The van der Waals surface area contributed by atoms with E-state index in [-0.39, 0.29) is 17.5 Å². The molecule has 0 heterocycles. The van der Waals surface area contributed by atoms with Crippen molar-refractivity contribution in [1.29, 1.82) is 0 Å². The number of carbonyl (C=O) groups is 1. The first kappa shape index (κ1) is 14.5. The molecular formula is C12H12F4O2. The molecule has 0 aliphatic rings. The second kappa shape index (κ2) is 5.84. The molecule has 0 fully saturated rings. The van der Waals surface area contributed by atoms with Gasteiger partial charge in [-0.25, -0.2) is 8.78 Å². The van der Waals surface area contributed by atoms with Gasteiger partial charge in [-0.2, -0.15) is 8.78 Å². The number of ether oxygens (including phenoxy) is 1. The third-order valence-electron chi connectivity index (χ3n) is 2.48. The van der Waals surface area contributed by atoms with Crippen molar-refractivity contribution in [3.05, 3.63) is 28.8 Å². The first-order valence-electron chi connectivity index (χ1n) is 5.28. The van der Waals surface area contributed by atoms with Gasteiger partial charge in [0.2, 0.25) is 0 Å². The van der Waals surface area contributed by atoms with Crippen LogP contribution in [-0.2, 0) is 6.42 Å². The second-order valence-electron chi connectivity index (χ2n) is 3.59. The molecule has 0 aliphatic carbocycles. The lowest BCUT2D eigenvalue weighted by Gasteiger charge is -2.16. The van der Waals surface area contributed by atoms with Crippen LogP contribution in [0.15, 0.2) is 12.1 Å².